The summed E-state index contributed by atoms with van der Waals surface area (Å²) in [5.41, 5.74) is 1.59. The summed E-state index contributed by atoms with van der Waals surface area (Å²) in [6, 6.07) is 8.35. The highest BCUT2D eigenvalue weighted by Gasteiger charge is 2.22. The van der Waals surface area contributed by atoms with Crippen molar-refractivity contribution in [2.24, 2.45) is 5.41 Å². The molecule has 0 aromatic heterocycles. The van der Waals surface area contributed by atoms with Gasteiger partial charge < -0.3 is 14.8 Å². The second-order valence-corrected chi connectivity index (χ2v) is 5.36. The van der Waals surface area contributed by atoms with E-state index >= 15 is 0 Å². The SMILES string of the molecule is CCC(C)(CNCCOC)Cc1cccc(OC)c1. The number of rotatable bonds is 9. The first-order chi connectivity index (χ1) is 9.13. The van der Waals surface area contributed by atoms with Gasteiger partial charge in [0.1, 0.15) is 5.75 Å². The molecule has 0 spiro atoms. The normalized spacial score (nSPS) is 14.1. The first kappa shape index (κ1) is 16.0. The fraction of sp³-hybridized carbons (Fsp3) is 0.625. The maximum atomic E-state index is 5.28. The van der Waals surface area contributed by atoms with Gasteiger partial charge in [0.2, 0.25) is 0 Å². The average molecular weight is 265 g/mol. The fourth-order valence-electron chi connectivity index (χ4n) is 2.15. The molecular weight excluding hydrogens is 238 g/mol. The second kappa shape index (κ2) is 8.18. The van der Waals surface area contributed by atoms with Crippen molar-refractivity contribution in [3.05, 3.63) is 29.8 Å². The van der Waals surface area contributed by atoms with Gasteiger partial charge in [-0.2, -0.15) is 0 Å². The molecule has 0 bridgehead atoms. The molecule has 0 fully saturated rings. The van der Waals surface area contributed by atoms with Crippen LogP contribution in [0.3, 0.4) is 0 Å². The average Bonchev–Trinajstić information content (AvgIpc) is 2.44. The van der Waals surface area contributed by atoms with Crippen molar-refractivity contribution in [2.45, 2.75) is 26.7 Å². The molecule has 1 atom stereocenters. The van der Waals surface area contributed by atoms with E-state index in [0.717, 1.165) is 38.3 Å². The number of hydrogen-bond donors (Lipinski definition) is 1. The van der Waals surface area contributed by atoms with Crippen LogP contribution in [0.1, 0.15) is 25.8 Å². The summed E-state index contributed by atoms with van der Waals surface area (Å²) in [5, 5.41) is 3.47. The topological polar surface area (TPSA) is 30.5 Å². The summed E-state index contributed by atoms with van der Waals surface area (Å²) in [4.78, 5) is 0. The molecule has 0 radical (unpaired) electrons. The van der Waals surface area contributed by atoms with Gasteiger partial charge in [-0.05, 0) is 36.0 Å². The van der Waals surface area contributed by atoms with Gasteiger partial charge in [-0.1, -0.05) is 26.0 Å². The van der Waals surface area contributed by atoms with E-state index in [9.17, 15) is 0 Å². The molecule has 1 aromatic rings. The molecule has 0 saturated carbocycles. The Morgan fingerprint density at radius 3 is 2.68 bits per heavy atom. The van der Waals surface area contributed by atoms with E-state index in [1.54, 1.807) is 14.2 Å². The van der Waals surface area contributed by atoms with Crippen LogP contribution >= 0.6 is 0 Å². The van der Waals surface area contributed by atoms with Crippen LogP contribution in [0, 0.1) is 5.41 Å². The van der Waals surface area contributed by atoms with E-state index in [1.807, 2.05) is 6.07 Å². The lowest BCUT2D eigenvalue weighted by molar-refractivity contribution is 0.191. The molecule has 0 aliphatic heterocycles. The third kappa shape index (κ3) is 5.62. The lowest BCUT2D eigenvalue weighted by Crippen LogP contribution is -2.34. The van der Waals surface area contributed by atoms with Crippen LogP contribution in [0.4, 0.5) is 0 Å². The predicted molar refractivity (Wildman–Crippen MR) is 79.8 cm³/mol. The molecule has 1 N–H and O–H groups in total. The summed E-state index contributed by atoms with van der Waals surface area (Å²) >= 11 is 0. The van der Waals surface area contributed by atoms with Crippen molar-refractivity contribution >= 4 is 0 Å². The Bertz CT molecular complexity index is 368. The first-order valence-electron chi connectivity index (χ1n) is 6.96. The van der Waals surface area contributed by atoms with Gasteiger partial charge in [-0.15, -0.1) is 0 Å². The van der Waals surface area contributed by atoms with Crippen LogP contribution in [-0.4, -0.2) is 33.9 Å². The molecule has 108 valence electrons. The van der Waals surface area contributed by atoms with Gasteiger partial charge in [0.05, 0.1) is 13.7 Å². The van der Waals surface area contributed by atoms with Gasteiger partial charge in [0, 0.05) is 20.2 Å². The highest BCUT2D eigenvalue weighted by molar-refractivity contribution is 5.29. The number of hydrogen-bond acceptors (Lipinski definition) is 3. The van der Waals surface area contributed by atoms with Gasteiger partial charge in [0.15, 0.2) is 0 Å². The molecule has 1 rings (SSSR count). The minimum Gasteiger partial charge on any atom is -0.497 e. The Morgan fingerprint density at radius 2 is 2.05 bits per heavy atom. The molecule has 0 saturated heterocycles. The molecule has 19 heavy (non-hydrogen) atoms. The molecular formula is C16H27NO2. The van der Waals surface area contributed by atoms with Crippen molar-refractivity contribution < 1.29 is 9.47 Å². The zero-order valence-corrected chi connectivity index (χ0v) is 12.7. The van der Waals surface area contributed by atoms with Gasteiger partial charge in [-0.3, -0.25) is 0 Å². The molecule has 1 unspecified atom stereocenters. The number of methoxy groups -OCH3 is 2. The van der Waals surface area contributed by atoms with Gasteiger partial charge in [-0.25, -0.2) is 0 Å². The van der Waals surface area contributed by atoms with Crippen molar-refractivity contribution in [3.8, 4) is 5.75 Å². The van der Waals surface area contributed by atoms with E-state index in [0.29, 0.717) is 0 Å². The second-order valence-electron chi connectivity index (χ2n) is 5.36. The molecule has 0 heterocycles. The van der Waals surface area contributed by atoms with Crippen LogP contribution in [-0.2, 0) is 11.2 Å². The Morgan fingerprint density at radius 1 is 1.26 bits per heavy atom. The Balaban J connectivity index is 2.57. The van der Waals surface area contributed by atoms with Crippen LogP contribution in [0.2, 0.25) is 0 Å². The molecule has 3 nitrogen and oxygen atoms in total. The summed E-state index contributed by atoms with van der Waals surface area (Å²) in [6.45, 7) is 7.25. The molecule has 3 heteroatoms. The van der Waals surface area contributed by atoms with Crippen molar-refractivity contribution in [3.63, 3.8) is 0 Å². The van der Waals surface area contributed by atoms with Gasteiger partial charge >= 0.3 is 0 Å². The Hall–Kier alpha value is -1.06. The zero-order chi connectivity index (χ0) is 14.1. The maximum absolute atomic E-state index is 5.28. The minimum absolute atomic E-state index is 0.264. The molecule has 1 aromatic carbocycles. The van der Waals surface area contributed by atoms with Crippen molar-refractivity contribution in [1.29, 1.82) is 0 Å². The van der Waals surface area contributed by atoms with Crippen molar-refractivity contribution in [1.82, 2.24) is 5.32 Å². The van der Waals surface area contributed by atoms with E-state index in [2.05, 4.69) is 37.4 Å². The highest BCUT2D eigenvalue weighted by Crippen LogP contribution is 2.27. The zero-order valence-electron chi connectivity index (χ0n) is 12.7. The maximum Gasteiger partial charge on any atom is 0.119 e. The van der Waals surface area contributed by atoms with Crippen LogP contribution in [0.15, 0.2) is 24.3 Å². The predicted octanol–water partition coefficient (Wildman–Crippen LogP) is 2.89. The standard InChI is InChI=1S/C16H27NO2/c1-5-16(2,13-17-9-10-18-3)12-14-7-6-8-15(11-14)19-4/h6-8,11,17H,5,9-10,12-13H2,1-4H3. The smallest absolute Gasteiger partial charge is 0.119 e. The summed E-state index contributed by atoms with van der Waals surface area (Å²) in [7, 11) is 3.45. The van der Waals surface area contributed by atoms with Crippen LogP contribution in [0.5, 0.6) is 5.75 Å². The quantitative estimate of drug-likeness (QED) is 0.696. The lowest BCUT2D eigenvalue weighted by Gasteiger charge is -2.29. The third-order valence-electron chi connectivity index (χ3n) is 3.65. The van der Waals surface area contributed by atoms with Crippen molar-refractivity contribution in [2.75, 3.05) is 33.9 Å². The number of ether oxygens (including phenoxy) is 2. The van der Waals surface area contributed by atoms with E-state index in [4.69, 9.17) is 9.47 Å². The van der Waals surface area contributed by atoms with E-state index < -0.39 is 0 Å². The van der Waals surface area contributed by atoms with Crippen LogP contribution < -0.4 is 10.1 Å². The summed E-state index contributed by atoms with van der Waals surface area (Å²) in [6.07, 6.45) is 2.20. The first-order valence-corrected chi connectivity index (χ1v) is 6.96. The Kier molecular flexibility index (Phi) is 6.89. The largest absolute Gasteiger partial charge is 0.497 e. The number of benzene rings is 1. The lowest BCUT2D eigenvalue weighted by atomic mass is 9.81. The third-order valence-corrected chi connectivity index (χ3v) is 3.65. The summed E-state index contributed by atoms with van der Waals surface area (Å²) in [5.74, 6) is 0.934. The van der Waals surface area contributed by atoms with Crippen LogP contribution in [0.25, 0.3) is 0 Å². The number of nitrogens with one attached hydrogen (secondary N) is 1. The molecule has 0 aliphatic carbocycles. The minimum atomic E-state index is 0.264. The molecule has 0 aliphatic rings. The highest BCUT2D eigenvalue weighted by atomic mass is 16.5. The van der Waals surface area contributed by atoms with E-state index in [-0.39, 0.29) is 5.41 Å². The van der Waals surface area contributed by atoms with E-state index in [1.165, 1.54) is 5.56 Å². The Labute approximate surface area is 117 Å². The molecule has 0 amide bonds. The monoisotopic (exact) mass is 265 g/mol. The fourth-order valence-corrected chi connectivity index (χ4v) is 2.15. The van der Waals surface area contributed by atoms with Gasteiger partial charge in [0.25, 0.3) is 0 Å². The summed E-state index contributed by atoms with van der Waals surface area (Å²) < 4.78 is 10.3.